The van der Waals surface area contributed by atoms with Crippen LogP contribution in [0.2, 0.25) is 0 Å². The molecule has 46 heavy (non-hydrogen) atoms. The van der Waals surface area contributed by atoms with Crippen molar-refractivity contribution in [3.63, 3.8) is 0 Å². The van der Waals surface area contributed by atoms with E-state index in [4.69, 9.17) is 0 Å². The first-order valence-corrected chi connectivity index (χ1v) is 15.9. The zero-order chi connectivity index (χ0) is 30.5. The van der Waals surface area contributed by atoms with E-state index in [1.54, 1.807) is 0 Å². The van der Waals surface area contributed by atoms with Crippen LogP contribution in [0.15, 0.2) is 182 Å². The van der Waals surface area contributed by atoms with Crippen LogP contribution < -0.4 is 0 Å². The van der Waals surface area contributed by atoms with Crippen molar-refractivity contribution in [1.29, 1.82) is 0 Å². The molecule has 0 aromatic heterocycles. The molecule has 9 aromatic carbocycles. The highest BCUT2D eigenvalue weighted by atomic mass is 14.2. The molecule has 0 aliphatic heterocycles. The molecule has 0 atom stereocenters. The van der Waals surface area contributed by atoms with Gasteiger partial charge in [0.1, 0.15) is 0 Å². The molecule has 9 aromatic rings. The molecule has 0 saturated carbocycles. The van der Waals surface area contributed by atoms with Crippen molar-refractivity contribution in [1.82, 2.24) is 0 Å². The van der Waals surface area contributed by atoms with Gasteiger partial charge in [-0.25, -0.2) is 0 Å². The molecule has 0 heterocycles. The topological polar surface area (TPSA) is 0 Å². The van der Waals surface area contributed by atoms with Crippen LogP contribution in [0.1, 0.15) is 0 Å². The summed E-state index contributed by atoms with van der Waals surface area (Å²) in [5, 5.41) is 10.1. The van der Waals surface area contributed by atoms with E-state index in [2.05, 4.69) is 182 Å². The summed E-state index contributed by atoms with van der Waals surface area (Å²) in [4.78, 5) is 0. The molecule has 0 spiro atoms. The Morgan fingerprint density at radius 3 is 1.26 bits per heavy atom. The fraction of sp³-hybridized carbons (Fsp3) is 0. The first kappa shape index (κ1) is 26.4. The summed E-state index contributed by atoms with van der Waals surface area (Å²) in [7, 11) is 0. The van der Waals surface area contributed by atoms with Gasteiger partial charge in [-0.1, -0.05) is 164 Å². The maximum atomic E-state index is 2.41. The third-order valence-corrected chi connectivity index (χ3v) is 9.43. The van der Waals surface area contributed by atoms with Gasteiger partial charge in [-0.05, 0) is 106 Å². The zero-order valence-corrected chi connectivity index (χ0v) is 25.3. The minimum absolute atomic E-state index is 1.22. The third-order valence-electron chi connectivity index (χ3n) is 9.43. The van der Waals surface area contributed by atoms with Crippen LogP contribution in [-0.4, -0.2) is 0 Å². The largest absolute Gasteiger partial charge is 0.0622 e. The Morgan fingerprint density at radius 2 is 0.652 bits per heavy atom. The fourth-order valence-corrected chi connectivity index (χ4v) is 7.24. The normalized spacial score (nSPS) is 11.5. The summed E-state index contributed by atoms with van der Waals surface area (Å²) in [5.74, 6) is 0. The predicted octanol–water partition coefficient (Wildman–Crippen LogP) is 13.0. The van der Waals surface area contributed by atoms with Crippen molar-refractivity contribution in [2.75, 3.05) is 0 Å². The first-order chi connectivity index (χ1) is 22.8. The number of rotatable bonds is 4. The lowest BCUT2D eigenvalue weighted by molar-refractivity contribution is 1.59. The molecule has 0 N–H and O–H groups in total. The number of fused-ring (bicyclic) bond motifs is 4. The standard InChI is InChI=1S/C46H30/c1-2-14-33(15-3-1)39-27-26-37(36-24-22-31-12-4-6-16-34(31)28-36)30-44(39)46-42-20-10-8-18-40(42)45(41-19-9-11-21-43(41)46)38-25-23-32-13-5-7-17-35(32)29-38/h1-30H. The summed E-state index contributed by atoms with van der Waals surface area (Å²) in [5.41, 5.74) is 9.94. The average molecular weight is 583 g/mol. The third kappa shape index (κ3) is 4.38. The van der Waals surface area contributed by atoms with Crippen LogP contribution in [0.25, 0.3) is 87.6 Å². The highest BCUT2D eigenvalue weighted by Gasteiger charge is 2.20. The molecule has 0 radical (unpaired) electrons. The molecule has 9 rings (SSSR count). The highest BCUT2D eigenvalue weighted by Crippen LogP contribution is 2.47. The van der Waals surface area contributed by atoms with Gasteiger partial charge in [0, 0.05) is 0 Å². The van der Waals surface area contributed by atoms with Gasteiger partial charge < -0.3 is 0 Å². The van der Waals surface area contributed by atoms with Crippen LogP contribution >= 0.6 is 0 Å². The Balaban J connectivity index is 1.37. The van der Waals surface area contributed by atoms with E-state index < -0.39 is 0 Å². The van der Waals surface area contributed by atoms with Gasteiger partial charge in [-0.15, -0.1) is 0 Å². The van der Waals surface area contributed by atoms with Gasteiger partial charge >= 0.3 is 0 Å². The zero-order valence-electron chi connectivity index (χ0n) is 25.3. The molecular weight excluding hydrogens is 553 g/mol. The lowest BCUT2D eigenvalue weighted by Gasteiger charge is -2.21. The van der Waals surface area contributed by atoms with Gasteiger partial charge in [0.05, 0.1) is 0 Å². The predicted molar refractivity (Wildman–Crippen MR) is 198 cm³/mol. The maximum absolute atomic E-state index is 2.41. The lowest BCUT2D eigenvalue weighted by Crippen LogP contribution is -1.93. The van der Waals surface area contributed by atoms with Gasteiger partial charge in [-0.3, -0.25) is 0 Å². The summed E-state index contributed by atoms with van der Waals surface area (Å²) < 4.78 is 0. The quantitative estimate of drug-likeness (QED) is 0.181. The van der Waals surface area contributed by atoms with Gasteiger partial charge in [0.25, 0.3) is 0 Å². The van der Waals surface area contributed by atoms with Crippen molar-refractivity contribution in [2.24, 2.45) is 0 Å². The molecule has 0 aliphatic rings. The molecule has 0 unspecified atom stereocenters. The van der Waals surface area contributed by atoms with Gasteiger partial charge in [0.2, 0.25) is 0 Å². The van der Waals surface area contributed by atoms with Crippen LogP contribution in [-0.2, 0) is 0 Å². The number of benzene rings is 9. The van der Waals surface area contributed by atoms with E-state index in [0.717, 1.165) is 0 Å². The Bertz CT molecular complexity index is 2520. The second kappa shape index (κ2) is 10.9. The van der Waals surface area contributed by atoms with E-state index in [1.807, 2.05) is 0 Å². The Hall–Kier alpha value is -5.98. The molecular formula is C46H30. The monoisotopic (exact) mass is 582 g/mol. The van der Waals surface area contributed by atoms with Crippen molar-refractivity contribution in [3.05, 3.63) is 182 Å². The Kier molecular flexibility index (Phi) is 6.25. The maximum Gasteiger partial charge on any atom is -0.00199 e. The summed E-state index contributed by atoms with van der Waals surface area (Å²) in [6, 6.07) is 66.6. The lowest BCUT2D eigenvalue weighted by atomic mass is 9.82. The molecule has 214 valence electrons. The fourth-order valence-electron chi connectivity index (χ4n) is 7.24. The van der Waals surface area contributed by atoms with Gasteiger partial charge in [-0.2, -0.15) is 0 Å². The average Bonchev–Trinajstić information content (AvgIpc) is 3.13. The SMILES string of the molecule is c1ccc(-c2ccc(-c3ccc4ccccc4c3)cc2-c2c3ccccc3c(-c3ccc4ccccc4c3)c3ccccc23)cc1. The van der Waals surface area contributed by atoms with Gasteiger partial charge in [0.15, 0.2) is 0 Å². The van der Waals surface area contributed by atoms with Crippen molar-refractivity contribution < 1.29 is 0 Å². The molecule has 0 aliphatic carbocycles. The van der Waals surface area contributed by atoms with Crippen molar-refractivity contribution >= 4 is 43.1 Å². The van der Waals surface area contributed by atoms with E-state index in [0.29, 0.717) is 0 Å². The smallest absolute Gasteiger partial charge is 0.00199 e. The van der Waals surface area contributed by atoms with E-state index in [9.17, 15) is 0 Å². The summed E-state index contributed by atoms with van der Waals surface area (Å²) in [6.45, 7) is 0. The summed E-state index contributed by atoms with van der Waals surface area (Å²) >= 11 is 0. The van der Waals surface area contributed by atoms with E-state index in [1.165, 1.54) is 87.6 Å². The minimum atomic E-state index is 1.22. The van der Waals surface area contributed by atoms with Crippen molar-refractivity contribution in [2.45, 2.75) is 0 Å². The number of hydrogen-bond acceptors (Lipinski definition) is 0. The second-order valence-electron chi connectivity index (χ2n) is 12.1. The highest BCUT2D eigenvalue weighted by molar-refractivity contribution is 6.23. The molecule has 0 bridgehead atoms. The molecule has 0 heteroatoms. The van der Waals surface area contributed by atoms with Crippen LogP contribution in [0, 0.1) is 0 Å². The molecule has 0 amide bonds. The molecule has 0 saturated heterocycles. The van der Waals surface area contributed by atoms with Crippen LogP contribution in [0.4, 0.5) is 0 Å². The first-order valence-electron chi connectivity index (χ1n) is 15.9. The Morgan fingerprint density at radius 1 is 0.217 bits per heavy atom. The van der Waals surface area contributed by atoms with Crippen LogP contribution in [0.3, 0.4) is 0 Å². The molecule has 0 fully saturated rings. The molecule has 0 nitrogen and oxygen atoms in total. The minimum Gasteiger partial charge on any atom is -0.0622 e. The van der Waals surface area contributed by atoms with Crippen LogP contribution in [0.5, 0.6) is 0 Å². The van der Waals surface area contributed by atoms with Crippen molar-refractivity contribution in [3.8, 4) is 44.5 Å². The number of hydrogen-bond donors (Lipinski definition) is 0. The second-order valence-corrected chi connectivity index (χ2v) is 12.1. The van der Waals surface area contributed by atoms with E-state index in [-0.39, 0.29) is 0 Å². The summed E-state index contributed by atoms with van der Waals surface area (Å²) in [6.07, 6.45) is 0. The van der Waals surface area contributed by atoms with E-state index >= 15 is 0 Å². The Labute approximate surface area is 268 Å².